The molecular weight excluding hydrogens is 640 g/mol. The number of aromatic hydroxyl groups is 1. The van der Waals surface area contributed by atoms with Crippen molar-refractivity contribution in [2.75, 3.05) is 25.5 Å². The van der Waals surface area contributed by atoms with E-state index < -0.39 is 12.4 Å². The van der Waals surface area contributed by atoms with Gasteiger partial charge in [-0.25, -0.2) is 0 Å². The number of ether oxygens (including phenoxy) is 2. The minimum Gasteiger partial charge on any atom is -0.508 e. The lowest BCUT2D eigenvalue weighted by molar-refractivity contribution is -0.252. The lowest BCUT2D eigenvalue weighted by Crippen LogP contribution is -2.39. The number of hydrogen-bond donors (Lipinski definition) is 4. The molecule has 1 fully saturated rings. The van der Waals surface area contributed by atoms with Crippen molar-refractivity contribution in [1.82, 2.24) is 4.90 Å². The summed E-state index contributed by atoms with van der Waals surface area (Å²) < 4.78 is 13.0. The molecule has 8 nitrogen and oxygen atoms in total. The Hall–Kier alpha value is -3.27. The van der Waals surface area contributed by atoms with Gasteiger partial charge in [0.25, 0.3) is 0 Å². The highest BCUT2D eigenvalue weighted by Gasteiger charge is 2.33. The van der Waals surface area contributed by atoms with E-state index in [2.05, 4.69) is 12.2 Å². The van der Waals surface area contributed by atoms with Crippen molar-refractivity contribution in [2.24, 2.45) is 0 Å². The second kappa shape index (κ2) is 22.6. The Labute approximate surface area is 306 Å². The van der Waals surface area contributed by atoms with Crippen LogP contribution < -0.4 is 5.32 Å². The van der Waals surface area contributed by atoms with Crippen molar-refractivity contribution in [3.05, 3.63) is 95.1 Å². The van der Waals surface area contributed by atoms with Gasteiger partial charge in [0, 0.05) is 37.2 Å². The second-order valence-electron chi connectivity index (χ2n) is 14.3. The average molecular weight is 703 g/mol. The summed E-state index contributed by atoms with van der Waals surface area (Å²) in [6.07, 6.45) is 15.8. The van der Waals surface area contributed by atoms with Crippen molar-refractivity contribution in [1.29, 1.82) is 0 Å². The fourth-order valence-corrected chi connectivity index (χ4v) is 6.88. The third kappa shape index (κ3) is 14.7. The number of carbonyl (C=O) groups excluding carboxylic acids is 1. The molecule has 8 heteroatoms. The van der Waals surface area contributed by atoms with Crippen molar-refractivity contribution in [3.63, 3.8) is 0 Å². The fraction of sp³-hybridized carbons (Fsp3) is 0.558. The van der Waals surface area contributed by atoms with Crippen LogP contribution in [0.15, 0.2) is 72.8 Å². The molecule has 1 aliphatic rings. The average Bonchev–Trinajstić information content (AvgIpc) is 3.13. The molecule has 0 spiro atoms. The van der Waals surface area contributed by atoms with Crippen LogP contribution in [0, 0.1) is 0 Å². The zero-order chi connectivity index (χ0) is 36.3. The lowest BCUT2D eigenvalue weighted by atomic mass is 9.99. The number of nitrogens with zero attached hydrogens (tertiary/aromatic N) is 1. The molecule has 0 aromatic heterocycles. The molecule has 0 aliphatic carbocycles. The van der Waals surface area contributed by atoms with Gasteiger partial charge >= 0.3 is 0 Å². The van der Waals surface area contributed by atoms with E-state index in [9.17, 15) is 20.1 Å². The minimum absolute atomic E-state index is 0.0207. The number of unbranched alkanes of at least 4 members (excludes halogenated alkanes) is 12. The number of phenols is 1. The topological polar surface area (TPSA) is 111 Å². The molecule has 0 bridgehead atoms. The van der Waals surface area contributed by atoms with Gasteiger partial charge in [0.2, 0.25) is 5.91 Å². The van der Waals surface area contributed by atoms with Gasteiger partial charge in [-0.2, -0.15) is 0 Å². The highest BCUT2D eigenvalue weighted by molar-refractivity contribution is 5.90. The summed E-state index contributed by atoms with van der Waals surface area (Å²) in [4.78, 5) is 14.9. The fourth-order valence-electron chi connectivity index (χ4n) is 6.88. The van der Waals surface area contributed by atoms with Gasteiger partial charge in [0.05, 0.1) is 24.9 Å². The molecule has 3 aromatic rings. The predicted molar refractivity (Wildman–Crippen MR) is 204 cm³/mol. The zero-order valence-electron chi connectivity index (χ0n) is 31.0. The molecule has 4 atom stereocenters. The lowest BCUT2D eigenvalue weighted by Gasteiger charge is -2.38. The number of aliphatic hydroxyl groups excluding tert-OH is 2. The van der Waals surface area contributed by atoms with E-state index in [1.165, 1.54) is 70.6 Å². The zero-order valence-corrected chi connectivity index (χ0v) is 31.0. The van der Waals surface area contributed by atoms with Crippen LogP contribution in [0.1, 0.15) is 144 Å². The monoisotopic (exact) mass is 702 g/mol. The van der Waals surface area contributed by atoms with Crippen molar-refractivity contribution < 1.29 is 29.6 Å². The van der Waals surface area contributed by atoms with Gasteiger partial charge in [0.1, 0.15) is 5.75 Å². The SMILES string of the molecule is CCCCCCCCCCCCCCCC(=O)Nc1cccc(C2OC(CN(C)CC(O)c3cccc(O)c3)CC(c3ccc(CO)cc3)O2)c1. The van der Waals surface area contributed by atoms with E-state index in [1.54, 1.807) is 24.3 Å². The number of rotatable bonds is 23. The van der Waals surface area contributed by atoms with Crippen LogP contribution in [0.4, 0.5) is 5.69 Å². The first-order valence-electron chi connectivity index (χ1n) is 19.4. The summed E-state index contributed by atoms with van der Waals surface area (Å²) in [5.41, 5.74) is 4.02. The number of aliphatic hydroxyl groups is 2. The number of phenolic OH excluding ortho intramolecular Hbond substituents is 1. The van der Waals surface area contributed by atoms with Crippen LogP contribution in [0.25, 0.3) is 0 Å². The first-order valence-corrected chi connectivity index (χ1v) is 19.4. The largest absolute Gasteiger partial charge is 0.508 e. The number of benzene rings is 3. The Morgan fingerprint density at radius 3 is 2.12 bits per heavy atom. The number of anilines is 1. The molecule has 0 saturated carbocycles. The number of nitrogens with one attached hydrogen (secondary N) is 1. The summed E-state index contributed by atoms with van der Waals surface area (Å²) in [5, 5.41) is 33.3. The van der Waals surface area contributed by atoms with Crippen LogP contribution >= 0.6 is 0 Å². The molecule has 1 aliphatic heterocycles. The maximum Gasteiger partial charge on any atom is 0.224 e. The van der Waals surface area contributed by atoms with Crippen molar-refractivity contribution in [3.8, 4) is 5.75 Å². The molecule has 280 valence electrons. The number of hydrogen-bond acceptors (Lipinski definition) is 7. The molecule has 4 rings (SSSR count). The van der Waals surface area contributed by atoms with Gasteiger partial charge in [0.15, 0.2) is 6.29 Å². The normalized spacial score (nSPS) is 18.2. The third-order valence-electron chi connectivity index (χ3n) is 9.82. The first kappa shape index (κ1) is 40.5. The van der Waals surface area contributed by atoms with E-state index in [1.807, 2.05) is 60.5 Å². The molecule has 51 heavy (non-hydrogen) atoms. The summed E-state index contributed by atoms with van der Waals surface area (Å²) in [6.45, 7) is 3.16. The van der Waals surface area contributed by atoms with E-state index >= 15 is 0 Å². The molecule has 4 N–H and O–H groups in total. The summed E-state index contributed by atoms with van der Waals surface area (Å²) in [7, 11) is 1.94. The van der Waals surface area contributed by atoms with E-state index in [0.29, 0.717) is 31.5 Å². The number of carbonyl (C=O) groups is 1. The second-order valence-corrected chi connectivity index (χ2v) is 14.3. The Morgan fingerprint density at radius 1 is 0.824 bits per heavy atom. The van der Waals surface area contributed by atoms with Gasteiger partial charge in [-0.15, -0.1) is 0 Å². The number of amides is 1. The van der Waals surface area contributed by atoms with Crippen LogP contribution in [-0.4, -0.2) is 52.4 Å². The van der Waals surface area contributed by atoms with Gasteiger partial charge in [-0.3, -0.25) is 4.79 Å². The van der Waals surface area contributed by atoms with Crippen molar-refractivity contribution >= 4 is 11.6 Å². The highest BCUT2D eigenvalue weighted by atomic mass is 16.7. The van der Waals surface area contributed by atoms with Crippen LogP contribution in [-0.2, 0) is 20.9 Å². The maximum atomic E-state index is 12.8. The number of likely N-dealkylation sites (N-methyl/N-ethyl adjacent to an activating group) is 1. The van der Waals surface area contributed by atoms with Gasteiger partial charge in [-0.1, -0.05) is 133 Å². The Kier molecular flexibility index (Phi) is 18.0. The Bertz CT molecular complexity index is 1420. The Balaban J connectivity index is 1.27. The smallest absolute Gasteiger partial charge is 0.224 e. The van der Waals surface area contributed by atoms with E-state index in [-0.39, 0.29) is 30.5 Å². The Morgan fingerprint density at radius 2 is 1.47 bits per heavy atom. The molecular formula is C43H62N2O6. The van der Waals surface area contributed by atoms with Crippen LogP contribution in [0.2, 0.25) is 0 Å². The summed E-state index contributed by atoms with van der Waals surface area (Å²) in [6, 6.07) is 22.2. The molecule has 1 heterocycles. The van der Waals surface area contributed by atoms with E-state index in [4.69, 9.17) is 9.47 Å². The first-order chi connectivity index (χ1) is 24.8. The molecule has 3 aromatic carbocycles. The highest BCUT2D eigenvalue weighted by Crippen LogP contribution is 2.39. The van der Waals surface area contributed by atoms with Crippen molar-refractivity contribution in [2.45, 2.75) is 134 Å². The standard InChI is InChI=1S/C43H62N2O6/c1-3-4-5-6-7-8-9-10-11-12-13-14-15-22-42(49)44-37-20-16-19-36(27-37)43-50-39(29-41(51-43)34-25-23-33(32-46)24-26-34)30-45(2)31-40(48)35-18-17-21-38(47)28-35/h16-21,23-28,39-41,43,46-48H,3-15,22,29-32H2,1-2H3,(H,44,49). The summed E-state index contributed by atoms with van der Waals surface area (Å²) >= 11 is 0. The van der Waals surface area contributed by atoms with Gasteiger partial charge in [-0.05, 0) is 54.4 Å². The molecule has 1 amide bonds. The minimum atomic E-state index is -0.764. The summed E-state index contributed by atoms with van der Waals surface area (Å²) in [5.74, 6) is 0.144. The third-order valence-corrected chi connectivity index (χ3v) is 9.82. The quantitative estimate of drug-likeness (QED) is 0.0729. The van der Waals surface area contributed by atoms with Gasteiger partial charge < -0.3 is 35.0 Å². The van der Waals surface area contributed by atoms with E-state index in [0.717, 1.165) is 35.2 Å². The molecule has 1 saturated heterocycles. The van der Waals surface area contributed by atoms with Crippen LogP contribution in [0.5, 0.6) is 5.75 Å². The van der Waals surface area contributed by atoms with Crippen LogP contribution in [0.3, 0.4) is 0 Å². The molecule has 4 unspecified atom stereocenters. The predicted octanol–water partition coefficient (Wildman–Crippen LogP) is 9.52. The maximum absolute atomic E-state index is 12.8. The molecule has 0 radical (unpaired) electrons.